The lowest BCUT2D eigenvalue weighted by Crippen LogP contribution is -2.38. The molecule has 0 fully saturated rings. The first-order valence-electron chi connectivity index (χ1n) is 4.08. The van der Waals surface area contributed by atoms with E-state index in [0.717, 1.165) is 0 Å². The maximum absolute atomic E-state index is 11.1. The summed E-state index contributed by atoms with van der Waals surface area (Å²) in [5.74, 6) is -0.515. The Labute approximate surface area is 81.3 Å². The van der Waals surface area contributed by atoms with Crippen molar-refractivity contribution in [3.8, 4) is 0 Å². The molecule has 0 atom stereocenters. The molecule has 0 radical (unpaired) electrons. The number of para-hydroxylation sites is 1. The molecule has 1 aromatic carbocycles. The predicted octanol–water partition coefficient (Wildman–Crippen LogP) is 0.293. The molecule has 0 saturated heterocycles. The Morgan fingerprint density at radius 1 is 1.21 bits per heavy atom. The maximum Gasteiger partial charge on any atom is 0.325 e. The lowest BCUT2D eigenvalue weighted by atomic mass is 10.3. The van der Waals surface area contributed by atoms with Crippen molar-refractivity contribution in [3.05, 3.63) is 30.3 Å². The lowest BCUT2D eigenvalue weighted by Gasteiger charge is -2.04. The molecule has 0 aromatic heterocycles. The molecule has 0 bridgehead atoms. The van der Waals surface area contributed by atoms with E-state index in [9.17, 15) is 9.59 Å². The molecule has 0 saturated carbocycles. The highest BCUT2D eigenvalue weighted by Gasteiger charge is 2.04. The minimum Gasteiger partial charge on any atom is -0.322 e. The number of benzene rings is 1. The standard InChI is InChI=1S/C9H11N3O2/c10-6-8(13)12-9(14)11-7-4-2-1-3-5-7/h1-5H,6,10H2,(H2,11,12,13,14). The molecule has 0 unspecified atom stereocenters. The summed E-state index contributed by atoms with van der Waals surface area (Å²) >= 11 is 0. The molecule has 3 amide bonds. The Bertz CT molecular complexity index is 324. The number of hydrogen-bond acceptors (Lipinski definition) is 3. The van der Waals surface area contributed by atoms with Gasteiger partial charge in [-0.2, -0.15) is 0 Å². The number of imide groups is 1. The maximum atomic E-state index is 11.1. The number of amides is 3. The van der Waals surface area contributed by atoms with Gasteiger partial charge in [0.1, 0.15) is 0 Å². The summed E-state index contributed by atoms with van der Waals surface area (Å²) in [6, 6.07) is 8.24. The predicted molar refractivity (Wildman–Crippen MR) is 52.7 cm³/mol. The van der Waals surface area contributed by atoms with Crippen LogP contribution in [0.3, 0.4) is 0 Å². The second-order valence-electron chi connectivity index (χ2n) is 2.57. The minimum atomic E-state index is -0.577. The van der Waals surface area contributed by atoms with E-state index < -0.39 is 11.9 Å². The van der Waals surface area contributed by atoms with Gasteiger partial charge in [-0.1, -0.05) is 18.2 Å². The van der Waals surface area contributed by atoms with E-state index in [1.807, 2.05) is 6.07 Å². The van der Waals surface area contributed by atoms with Crippen molar-refractivity contribution >= 4 is 17.6 Å². The summed E-state index contributed by atoms with van der Waals surface area (Å²) < 4.78 is 0. The second kappa shape index (κ2) is 4.98. The van der Waals surface area contributed by atoms with Gasteiger partial charge in [0.05, 0.1) is 6.54 Å². The molecule has 4 N–H and O–H groups in total. The Hall–Kier alpha value is -1.88. The molecule has 0 spiro atoms. The number of nitrogens with two attached hydrogens (primary N) is 1. The average molecular weight is 193 g/mol. The zero-order chi connectivity index (χ0) is 10.4. The molecule has 0 aliphatic heterocycles. The van der Waals surface area contributed by atoms with E-state index >= 15 is 0 Å². The topological polar surface area (TPSA) is 84.2 Å². The first-order chi connectivity index (χ1) is 6.72. The van der Waals surface area contributed by atoms with Crippen LogP contribution in [-0.4, -0.2) is 18.5 Å². The summed E-state index contributed by atoms with van der Waals surface area (Å²) in [7, 11) is 0. The van der Waals surface area contributed by atoms with Crippen molar-refractivity contribution in [2.45, 2.75) is 0 Å². The van der Waals surface area contributed by atoms with Crippen molar-refractivity contribution in [2.24, 2.45) is 5.73 Å². The number of urea groups is 1. The molecule has 5 nitrogen and oxygen atoms in total. The minimum absolute atomic E-state index is 0.206. The third kappa shape index (κ3) is 3.24. The van der Waals surface area contributed by atoms with E-state index in [4.69, 9.17) is 5.73 Å². The van der Waals surface area contributed by atoms with Gasteiger partial charge in [0.25, 0.3) is 0 Å². The molecular formula is C9H11N3O2. The number of nitrogens with one attached hydrogen (secondary N) is 2. The Morgan fingerprint density at radius 3 is 2.43 bits per heavy atom. The first-order valence-corrected chi connectivity index (χ1v) is 4.08. The van der Waals surface area contributed by atoms with Crippen LogP contribution in [0.25, 0.3) is 0 Å². The highest BCUT2D eigenvalue weighted by Crippen LogP contribution is 2.03. The quantitative estimate of drug-likeness (QED) is 0.631. The molecule has 0 aliphatic rings. The monoisotopic (exact) mass is 193 g/mol. The number of carbonyl (C=O) groups excluding carboxylic acids is 2. The molecule has 1 rings (SSSR count). The Morgan fingerprint density at radius 2 is 1.86 bits per heavy atom. The SMILES string of the molecule is NCC(=O)NC(=O)Nc1ccccc1. The van der Waals surface area contributed by atoms with E-state index in [2.05, 4.69) is 10.6 Å². The van der Waals surface area contributed by atoms with Gasteiger partial charge < -0.3 is 11.1 Å². The van der Waals surface area contributed by atoms with Crippen LogP contribution in [0.5, 0.6) is 0 Å². The number of carbonyl (C=O) groups is 2. The summed E-state index contributed by atoms with van der Waals surface area (Å²) in [5, 5.41) is 4.54. The van der Waals surface area contributed by atoms with Crippen LogP contribution in [0.1, 0.15) is 0 Å². The second-order valence-corrected chi connectivity index (χ2v) is 2.57. The zero-order valence-corrected chi connectivity index (χ0v) is 7.49. The highest BCUT2D eigenvalue weighted by atomic mass is 16.2. The van der Waals surface area contributed by atoms with Gasteiger partial charge in [0, 0.05) is 5.69 Å². The molecule has 0 heterocycles. The van der Waals surface area contributed by atoms with Crippen molar-refractivity contribution in [1.82, 2.24) is 5.32 Å². The van der Waals surface area contributed by atoms with E-state index in [0.29, 0.717) is 5.69 Å². The van der Waals surface area contributed by atoms with Crippen molar-refractivity contribution in [1.29, 1.82) is 0 Å². The van der Waals surface area contributed by atoms with Crippen LogP contribution in [0, 0.1) is 0 Å². The largest absolute Gasteiger partial charge is 0.325 e. The fraction of sp³-hybridized carbons (Fsp3) is 0.111. The van der Waals surface area contributed by atoms with Crippen LogP contribution in [-0.2, 0) is 4.79 Å². The lowest BCUT2D eigenvalue weighted by molar-refractivity contribution is -0.118. The number of hydrogen-bond donors (Lipinski definition) is 3. The van der Waals surface area contributed by atoms with Gasteiger partial charge in [0.15, 0.2) is 0 Å². The first kappa shape index (κ1) is 10.2. The van der Waals surface area contributed by atoms with Gasteiger partial charge in [-0.05, 0) is 12.1 Å². The fourth-order valence-electron chi connectivity index (χ4n) is 0.861. The molecule has 1 aromatic rings. The third-order valence-electron chi connectivity index (χ3n) is 1.47. The highest BCUT2D eigenvalue weighted by molar-refractivity contribution is 6.01. The van der Waals surface area contributed by atoms with Crippen molar-refractivity contribution in [3.63, 3.8) is 0 Å². The van der Waals surface area contributed by atoms with Gasteiger partial charge in [0.2, 0.25) is 5.91 Å². The summed E-state index contributed by atoms with van der Waals surface area (Å²) in [6.07, 6.45) is 0. The van der Waals surface area contributed by atoms with Crippen molar-refractivity contribution in [2.75, 3.05) is 11.9 Å². The fourth-order valence-corrected chi connectivity index (χ4v) is 0.861. The van der Waals surface area contributed by atoms with Crippen LogP contribution >= 0.6 is 0 Å². The van der Waals surface area contributed by atoms with Crippen LogP contribution in [0.2, 0.25) is 0 Å². The Kier molecular flexibility index (Phi) is 3.63. The normalized spacial score (nSPS) is 9.21. The molecular weight excluding hydrogens is 182 g/mol. The molecule has 14 heavy (non-hydrogen) atoms. The van der Waals surface area contributed by atoms with E-state index in [1.54, 1.807) is 24.3 Å². The summed E-state index contributed by atoms with van der Waals surface area (Å²) in [6.45, 7) is -0.206. The van der Waals surface area contributed by atoms with E-state index in [1.165, 1.54) is 0 Å². The summed E-state index contributed by atoms with van der Waals surface area (Å²) in [5.41, 5.74) is 5.64. The van der Waals surface area contributed by atoms with Gasteiger partial charge >= 0.3 is 6.03 Å². The average Bonchev–Trinajstić information content (AvgIpc) is 2.19. The van der Waals surface area contributed by atoms with E-state index in [-0.39, 0.29) is 6.54 Å². The van der Waals surface area contributed by atoms with Crippen LogP contribution in [0.15, 0.2) is 30.3 Å². The van der Waals surface area contributed by atoms with Gasteiger partial charge in [-0.15, -0.1) is 0 Å². The summed E-state index contributed by atoms with van der Waals surface area (Å²) in [4.78, 5) is 21.8. The third-order valence-corrected chi connectivity index (χ3v) is 1.47. The van der Waals surface area contributed by atoms with Crippen LogP contribution in [0.4, 0.5) is 10.5 Å². The smallest absolute Gasteiger partial charge is 0.322 e. The van der Waals surface area contributed by atoms with Gasteiger partial charge in [-0.3, -0.25) is 10.1 Å². The van der Waals surface area contributed by atoms with Crippen LogP contribution < -0.4 is 16.4 Å². The number of rotatable bonds is 2. The zero-order valence-electron chi connectivity index (χ0n) is 7.49. The molecule has 5 heteroatoms. The van der Waals surface area contributed by atoms with Gasteiger partial charge in [-0.25, -0.2) is 4.79 Å². The molecule has 74 valence electrons. The molecule has 0 aliphatic carbocycles. The Balaban J connectivity index is 2.46. The van der Waals surface area contributed by atoms with Crippen molar-refractivity contribution < 1.29 is 9.59 Å². The number of anilines is 1.